The molecular formula is C17H28N4O2. The minimum absolute atomic E-state index is 0.0139. The van der Waals surface area contributed by atoms with E-state index in [2.05, 4.69) is 36.3 Å². The summed E-state index contributed by atoms with van der Waals surface area (Å²) in [7, 11) is 1.79. The third-order valence-electron chi connectivity index (χ3n) is 5.14. The van der Waals surface area contributed by atoms with E-state index in [9.17, 15) is 4.79 Å². The lowest BCUT2D eigenvalue weighted by Gasteiger charge is -2.37. The largest absolute Gasteiger partial charge is 0.381 e. The van der Waals surface area contributed by atoms with Crippen molar-refractivity contribution in [3.8, 4) is 0 Å². The number of H-pyrrole nitrogens is 1. The number of ether oxygens (including phenoxy) is 1. The molecule has 2 aliphatic rings. The van der Waals surface area contributed by atoms with Crippen LogP contribution >= 0.6 is 0 Å². The summed E-state index contributed by atoms with van der Waals surface area (Å²) in [6.07, 6.45) is 2.67. The maximum atomic E-state index is 12.4. The van der Waals surface area contributed by atoms with Crippen LogP contribution < -0.4 is 5.32 Å². The molecule has 2 amide bonds. The molecule has 2 unspecified atom stereocenters. The van der Waals surface area contributed by atoms with Crippen molar-refractivity contribution >= 4 is 6.03 Å². The van der Waals surface area contributed by atoms with E-state index >= 15 is 0 Å². The van der Waals surface area contributed by atoms with Gasteiger partial charge in [0.2, 0.25) is 0 Å². The molecule has 1 aliphatic carbocycles. The van der Waals surface area contributed by atoms with E-state index in [0.29, 0.717) is 24.5 Å². The number of aromatic amines is 1. The first kappa shape index (κ1) is 16.3. The van der Waals surface area contributed by atoms with Crippen LogP contribution in [0.4, 0.5) is 4.79 Å². The van der Waals surface area contributed by atoms with E-state index in [1.807, 2.05) is 11.0 Å². The third kappa shape index (κ3) is 3.37. The number of piperidine rings is 1. The second-order valence-electron chi connectivity index (χ2n) is 7.89. The number of hydrogen-bond donors (Lipinski definition) is 2. The van der Waals surface area contributed by atoms with E-state index in [1.165, 1.54) is 12.8 Å². The van der Waals surface area contributed by atoms with Gasteiger partial charge in [-0.15, -0.1) is 0 Å². The van der Waals surface area contributed by atoms with Gasteiger partial charge in [0.1, 0.15) is 0 Å². The molecule has 0 radical (unpaired) electrons. The van der Waals surface area contributed by atoms with E-state index in [-0.39, 0.29) is 11.4 Å². The summed E-state index contributed by atoms with van der Waals surface area (Å²) in [6.45, 7) is 8.47. The topological polar surface area (TPSA) is 70.2 Å². The molecule has 6 nitrogen and oxygen atoms in total. The fraction of sp³-hybridized carbons (Fsp3) is 0.765. The summed E-state index contributed by atoms with van der Waals surface area (Å²) in [5, 5.41) is 10.4. The van der Waals surface area contributed by atoms with Gasteiger partial charge in [-0.2, -0.15) is 5.10 Å². The number of nitrogens with one attached hydrogen (secondary N) is 2. The first-order valence-electron chi connectivity index (χ1n) is 8.49. The molecule has 0 aromatic carbocycles. The number of carbonyl (C=O) groups is 1. The Morgan fingerprint density at radius 2 is 2.04 bits per heavy atom. The van der Waals surface area contributed by atoms with Gasteiger partial charge in [-0.25, -0.2) is 4.79 Å². The number of carbonyl (C=O) groups excluding carboxylic acids is 1. The molecule has 1 aliphatic heterocycles. The van der Waals surface area contributed by atoms with Gasteiger partial charge < -0.3 is 15.0 Å². The van der Waals surface area contributed by atoms with Crippen LogP contribution in [0.3, 0.4) is 0 Å². The first-order chi connectivity index (χ1) is 10.9. The Hall–Kier alpha value is -1.56. The average Bonchev–Trinajstić information content (AvgIpc) is 3.06. The zero-order valence-corrected chi connectivity index (χ0v) is 14.6. The van der Waals surface area contributed by atoms with Crippen molar-refractivity contribution in [1.29, 1.82) is 0 Å². The van der Waals surface area contributed by atoms with Gasteiger partial charge in [0, 0.05) is 37.5 Å². The number of likely N-dealkylation sites (tertiary alicyclic amines) is 1. The lowest BCUT2D eigenvalue weighted by molar-refractivity contribution is -0.00510. The van der Waals surface area contributed by atoms with Gasteiger partial charge in [-0.1, -0.05) is 20.8 Å². The Morgan fingerprint density at radius 3 is 2.57 bits per heavy atom. The normalized spacial score (nSPS) is 27.3. The fourth-order valence-corrected chi connectivity index (χ4v) is 3.84. The molecule has 0 spiro atoms. The minimum atomic E-state index is 0.0139. The molecule has 128 valence electrons. The molecule has 6 heteroatoms. The summed E-state index contributed by atoms with van der Waals surface area (Å²) in [5.74, 6) is 0.980. The van der Waals surface area contributed by atoms with Gasteiger partial charge >= 0.3 is 6.03 Å². The summed E-state index contributed by atoms with van der Waals surface area (Å²) in [6, 6.07) is 2.05. The molecule has 1 aromatic rings. The number of methoxy groups -OCH3 is 1. The van der Waals surface area contributed by atoms with Gasteiger partial charge in [0.15, 0.2) is 0 Å². The zero-order valence-electron chi connectivity index (χ0n) is 14.6. The second-order valence-corrected chi connectivity index (χ2v) is 7.89. The molecule has 23 heavy (non-hydrogen) atoms. The fourth-order valence-electron chi connectivity index (χ4n) is 3.84. The Bertz CT molecular complexity index is 549. The second kappa shape index (κ2) is 6.15. The van der Waals surface area contributed by atoms with Crippen LogP contribution in [0.5, 0.6) is 0 Å². The van der Waals surface area contributed by atoms with E-state index in [1.54, 1.807) is 7.11 Å². The van der Waals surface area contributed by atoms with Crippen LogP contribution in [0, 0.1) is 11.8 Å². The zero-order chi connectivity index (χ0) is 16.6. The molecular weight excluding hydrogens is 292 g/mol. The molecule has 2 N–H and O–H groups in total. The van der Waals surface area contributed by atoms with Crippen LogP contribution in [-0.4, -0.2) is 47.4 Å². The molecule has 1 saturated heterocycles. The number of aromatic nitrogens is 2. The molecule has 2 bridgehead atoms. The van der Waals surface area contributed by atoms with Gasteiger partial charge in [0.05, 0.1) is 24.0 Å². The molecule has 2 heterocycles. The van der Waals surface area contributed by atoms with E-state index in [4.69, 9.17) is 4.74 Å². The number of fused-ring (bicyclic) bond motifs is 2. The predicted octanol–water partition coefficient (Wildman–Crippen LogP) is 2.27. The van der Waals surface area contributed by atoms with Crippen LogP contribution in [0.25, 0.3) is 0 Å². The highest BCUT2D eigenvalue weighted by molar-refractivity contribution is 5.74. The Balaban J connectivity index is 1.53. The van der Waals surface area contributed by atoms with Crippen LogP contribution in [-0.2, 0) is 16.7 Å². The van der Waals surface area contributed by atoms with Crippen molar-refractivity contribution in [2.45, 2.75) is 51.7 Å². The number of amides is 2. The van der Waals surface area contributed by atoms with E-state index < -0.39 is 0 Å². The van der Waals surface area contributed by atoms with Crippen molar-refractivity contribution < 1.29 is 9.53 Å². The third-order valence-corrected chi connectivity index (χ3v) is 5.14. The maximum Gasteiger partial charge on any atom is 0.317 e. The summed E-state index contributed by atoms with van der Waals surface area (Å²) >= 11 is 0. The molecule has 2 atom stereocenters. The summed E-state index contributed by atoms with van der Waals surface area (Å²) < 4.78 is 5.60. The van der Waals surface area contributed by atoms with Crippen molar-refractivity contribution in [2.75, 3.05) is 20.2 Å². The van der Waals surface area contributed by atoms with Crippen molar-refractivity contribution in [3.63, 3.8) is 0 Å². The number of urea groups is 1. The standard InChI is InChI=1S/C17H28N4O2/c1-17(2,3)14-7-13(19-20-14)8-18-16(22)21-9-11-5-6-12(10-21)15(11)23-4/h7,11-12,15H,5-6,8-10H2,1-4H3,(H,18,22)(H,19,20). The SMILES string of the molecule is COC1C2CCC1CN(C(=O)NCc1cc(C(C)(C)C)n[nH]1)C2. The number of hydrogen-bond acceptors (Lipinski definition) is 3. The van der Waals surface area contributed by atoms with Crippen LogP contribution in [0.2, 0.25) is 0 Å². The molecule has 3 rings (SSSR count). The molecule has 2 fully saturated rings. The minimum Gasteiger partial charge on any atom is -0.381 e. The van der Waals surface area contributed by atoms with Crippen molar-refractivity contribution in [3.05, 3.63) is 17.5 Å². The van der Waals surface area contributed by atoms with E-state index in [0.717, 1.165) is 24.5 Å². The number of rotatable bonds is 3. The van der Waals surface area contributed by atoms with Crippen molar-refractivity contribution in [1.82, 2.24) is 20.4 Å². The average molecular weight is 320 g/mol. The monoisotopic (exact) mass is 320 g/mol. The Morgan fingerprint density at radius 1 is 1.39 bits per heavy atom. The van der Waals surface area contributed by atoms with Crippen LogP contribution in [0.1, 0.15) is 45.0 Å². The molecule has 1 aromatic heterocycles. The predicted molar refractivity (Wildman–Crippen MR) is 88.1 cm³/mol. The highest BCUT2D eigenvalue weighted by Crippen LogP contribution is 2.38. The Labute approximate surface area is 138 Å². The number of nitrogens with zero attached hydrogens (tertiary/aromatic N) is 2. The lowest BCUT2D eigenvalue weighted by Crippen LogP contribution is -2.51. The highest BCUT2D eigenvalue weighted by Gasteiger charge is 2.43. The maximum absolute atomic E-state index is 12.4. The van der Waals surface area contributed by atoms with Gasteiger partial charge in [0.25, 0.3) is 0 Å². The summed E-state index contributed by atoms with van der Waals surface area (Å²) in [5.41, 5.74) is 1.97. The Kier molecular flexibility index (Phi) is 4.36. The summed E-state index contributed by atoms with van der Waals surface area (Å²) in [4.78, 5) is 14.4. The van der Waals surface area contributed by atoms with Crippen molar-refractivity contribution in [2.24, 2.45) is 11.8 Å². The first-order valence-corrected chi connectivity index (χ1v) is 8.49. The van der Waals surface area contributed by atoms with Gasteiger partial charge in [-0.05, 0) is 18.9 Å². The van der Waals surface area contributed by atoms with Crippen LogP contribution in [0.15, 0.2) is 6.07 Å². The quantitative estimate of drug-likeness (QED) is 0.897. The lowest BCUT2D eigenvalue weighted by atomic mass is 9.92. The smallest absolute Gasteiger partial charge is 0.317 e. The molecule has 1 saturated carbocycles. The van der Waals surface area contributed by atoms with Gasteiger partial charge in [-0.3, -0.25) is 5.10 Å². The highest BCUT2D eigenvalue weighted by atomic mass is 16.5.